The van der Waals surface area contributed by atoms with Crippen molar-refractivity contribution in [3.8, 4) is 11.8 Å². The predicted octanol–water partition coefficient (Wildman–Crippen LogP) is 3.10. The summed E-state index contributed by atoms with van der Waals surface area (Å²) < 4.78 is 10.0. The molecule has 0 radical (unpaired) electrons. The largest absolute Gasteiger partial charge is 0.138 e. The lowest BCUT2D eigenvalue weighted by atomic mass is 10.1. The van der Waals surface area contributed by atoms with Gasteiger partial charge in [-0.15, -0.1) is 10.2 Å². The van der Waals surface area contributed by atoms with Gasteiger partial charge in [-0.25, -0.2) is 0 Å². The Hall–Kier alpha value is -2.36. The van der Waals surface area contributed by atoms with Gasteiger partial charge in [-0.1, -0.05) is 26.9 Å². The summed E-state index contributed by atoms with van der Waals surface area (Å²) in [5.74, 6) is 6.30. The highest BCUT2D eigenvalue weighted by atomic mass is 32.1. The first-order valence-corrected chi connectivity index (χ1v) is 7.40. The Bertz CT molecular complexity index is 975. The molecule has 0 spiro atoms. The van der Waals surface area contributed by atoms with Crippen molar-refractivity contribution >= 4 is 43.5 Å². The van der Waals surface area contributed by atoms with Gasteiger partial charge in [-0.3, -0.25) is 0 Å². The van der Waals surface area contributed by atoms with Crippen LogP contribution in [0.15, 0.2) is 36.4 Å². The number of hydrogen-bond donors (Lipinski definition) is 0. The van der Waals surface area contributed by atoms with E-state index in [1.54, 1.807) is 0 Å². The molecule has 0 atom stereocenters. The fraction of sp³-hybridized carbons (Fsp3) is 0. The third kappa shape index (κ3) is 1.93. The van der Waals surface area contributed by atoms with Crippen molar-refractivity contribution in [2.75, 3.05) is 0 Å². The smallest absolute Gasteiger partial charge is 0.121 e. The fourth-order valence-corrected chi connectivity index (χ4v) is 3.03. The SMILES string of the molecule is C(#Cc1cccc2snnc12)c1ccc2snnc2c1. The van der Waals surface area contributed by atoms with Crippen molar-refractivity contribution in [2.24, 2.45) is 0 Å². The summed E-state index contributed by atoms with van der Waals surface area (Å²) in [6, 6.07) is 11.9. The van der Waals surface area contributed by atoms with E-state index in [2.05, 4.69) is 31.0 Å². The highest BCUT2D eigenvalue weighted by Crippen LogP contribution is 2.19. The molecule has 4 aromatic rings. The molecule has 0 aliphatic heterocycles. The number of benzene rings is 2. The number of rotatable bonds is 0. The van der Waals surface area contributed by atoms with Gasteiger partial charge in [0.05, 0.1) is 15.0 Å². The molecule has 20 heavy (non-hydrogen) atoms. The first kappa shape index (κ1) is 11.5. The standard InChI is InChI=1S/C14H6N4S2/c1-2-10(14-13(3-1)20-18-16-14)6-4-9-5-7-12-11(8-9)15-17-19-12/h1-3,5,7-8H. The number of nitrogens with zero attached hydrogens (tertiary/aromatic N) is 4. The maximum atomic E-state index is 4.12. The average Bonchev–Trinajstić information content (AvgIpc) is 3.13. The molecule has 2 aromatic heterocycles. The van der Waals surface area contributed by atoms with Gasteiger partial charge >= 0.3 is 0 Å². The second-order valence-electron chi connectivity index (χ2n) is 4.13. The quantitative estimate of drug-likeness (QED) is 0.468. The molecule has 0 amide bonds. The maximum Gasteiger partial charge on any atom is 0.121 e. The van der Waals surface area contributed by atoms with E-state index in [0.29, 0.717) is 0 Å². The van der Waals surface area contributed by atoms with Gasteiger partial charge in [-0.05, 0) is 53.4 Å². The zero-order chi connectivity index (χ0) is 13.4. The normalized spacial score (nSPS) is 10.6. The van der Waals surface area contributed by atoms with E-state index in [4.69, 9.17) is 0 Å². The summed E-state index contributed by atoms with van der Waals surface area (Å²) in [6.45, 7) is 0. The van der Waals surface area contributed by atoms with Crippen molar-refractivity contribution in [1.29, 1.82) is 0 Å². The summed E-state index contributed by atoms with van der Waals surface area (Å²) in [4.78, 5) is 0. The summed E-state index contributed by atoms with van der Waals surface area (Å²) in [5, 5.41) is 8.17. The molecule has 0 aliphatic rings. The van der Waals surface area contributed by atoms with Crippen LogP contribution in [-0.2, 0) is 0 Å². The summed E-state index contributed by atoms with van der Waals surface area (Å²) in [6.07, 6.45) is 0. The predicted molar refractivity (Wildman–Crippen MR) is 80.8 cm³/mol. The molecule has 94 valence electrons. The van der Waals surface area contributed by atoms with Gasteiger partial charge in [0.25, 0.3) is 0 Å². The molecule has 0 bridgehead atoms. The molecule has 4 rings (SSSR count). The van der Waals surface area contributed by atoms with E-state index in [9.17, 15) is 0 Å². The molecule has 2 aromatic carbocycles. The molecule has 0 unspecified atom stereocenters. The average molecular weight is 294 g/mol. The highest BCUT2D eigenvalue weighted by molar-refractivity contribution is 7.13. The van der Waals surface area contributed by atoms with Crippen molar-refractivity contribution < 1.29 is 0 Å². The second-order valence-corrected chi connectivity index (χ2v) is 5.70. The van der Waals surface area contributed by atoms with E-state index in [1.807, 2.05) is 36.4 Å². The molecule has 2 heterocycles. The third-order valence-corrected chi connectivity index (χ3v) is 4.26. The minimum absolute atomic E-state index is 0.862. The first-order valence-electron chi connectivity index (χ1n) is 5.85. The molecule has 6 heteroatoms. The van der Waals surface area contributed by atoms with Crippen LogP contribution in [0.4, 0.5) is 0 Å². The van der Waals surface area contributed by atoms with Gasteiger partial charge < -0.3 is 0 Å². The van der Waals surface area contributed by atoms with Gasteiger partial charge in [0.15, 0.2) is 0 Å². The first-order chi connectivity index (χ1) is 9.90. The molecule has 4 nitrogen and oxygen atoms in total. The lowest BCUT2D eigenvalue weighted by Gasteiger charge is -1.91. The van der Waals surface area contributed by atoms with Crippen LogP contribution in [0.25, 0.3) is 20.4 Å². The van der Waals surface area contributed by atoms with Gasteiger partial charge in [0.1, 0.15) is 11.0 Å². The van der Waals surface area contributed by atoms with E-state index in [1.165, 1.54) is 23.1 Å². The molecule has 0 saturated carbocycles. The summed E-state index contributed by atoms with van der Waals surface area (Å²) >= 11 is 2.77. The van der Waals surface area contributed by atoms with Crippen LogP contribution >= 0.6 is 23.1 Å². The Kier molecular flexibility index (Phi) is 2.66. The lowest BCUT2D eigenvalue weighted by Crippen LogP contribution is -1.79. The summed E-state index contributed by atoms with van der Waals surface area (Å²) in [5.41, 5.74) is 3.56. The van der Waals surface area contributed by atoms with Gasteiger partial charge in [-0.2, -0.15) is 0 Å². The Morgan fingerprint density at radius 3 is 2.75 bits per heavy atom. The monoisotopic (exact) mass is 294 g/mol. The minimum Gasteiger partial charge on any atom is -0.138 e. The maximum absolute atomic E-state index is 4.12. The topological polar surface area (TPSA) is 51.6 Å². The number of hydrogen-bond acceptors (Lipinski definition) is 6. The molecular weight excluding hydrogens is 288 g/mol. The van der Waals surface area contributed by atoms with Gasteiger partial charge in [0.2, 0.25) is 0 Å². The van der Waals surface area contributed by atoms with Gasteiger partial charge in [0, 0.05) is 5.56 Å². The van der Waals surface area contributed by atoms with Crippen LogP contribution in [-0.4, -0.2) is 19.2 Å². The van der Waals surface area contributed by atoms with Crippen molar-refractivity contribution in [2.45, 2.75) is 0 Å². The van der Waals surface area contributed by atoms with Crippen LogP contribution in [0, 0.1) is 11.8 Å². The second kappa shape index (κ2) is 4.63. The molecular formula is C14H6N4S2. The Morgan fingerprint density at radius 2 is 1.75 bits per heavy atom. The van der Waals surface area contributed by atoms with Crippen molar-refractivity contribution in [3.05, 3.63) is 47.5 Å². The van der Waals surface area contributed by atoms with Crippen LogP contribution in [0.5, 0.6) is 0 Å². The molecule has 0 fully saturated rings. The van der Waals surface area contributed by atoms with E-state index >= 15 is 0 Å². The molecule has 0 saturated heterocycles. The number of aromatic nitrogens is 4. The van der Waals surface area contributed by atoms with E-state index < -0.39 is 0 Å². The number of fused-ring (bicyclic) bond motifs is 2. The van der Waals surface area contributed by atoms with Crippen molar-refractivity contribution in [3.63, 3.8) is 0 Å². The zero-order valence-corrected chi connectivity index (χ0v) is 11.7. The Balaban J connectivity index is 1.80. The van der Waals surface area contributed by atoms with Crippen LogP contribution < -0.4 is 0 Å². The van der Waals surface area contributed by atoms with Crippen LogP contribution in [0.2, 0.25) is 0 Å². The minimum atomic E-state index is 0.862. The van der Waals surface area contributed by atoms with E-state index in [0.717, 1.165) is 31.6 Å². The Morgan fingerprint density at radius 1 is 0.850 bits per heavy atom. The van der Waals surface area contributed by atoms with Crippen LogP contribution in [0.3, 0.4) is 0 Å². The zero-order valence-electron chi connectivity index (χ0n) is 10.1. The van der Waals surface area contributed by atoms with Crippen molar-refractivity contribution in [1.82, 2.24) is 19.2 Å². The van der Waals surface area contributed by atoms with E-state index in [-0.39, 0.29) is 0 Å². The highest BCUT2D eigenvalue weighted by Gasteiger charge is 2.02. The van der Waals surface area contributed by atoms with Crippen LogP contribution in [0.1, 0.15) is 11.1 Å². The fourth-order valence-electron chi connectivity index (χ4n) is 1.90. The summed E-state index contributed by atoms with van der Waals surface area (Å²) in [7, 11) is 0. The molecule has 0 aliphatic carbocycles. The molecule has 0 N–H and O–H groups in total. The Labute approximate surface area is 122 Å². The lowest BCUT2D eigenvalue weighted by molar-refractivity contribution is 1.20. The third-order valence-electron chi connectivity index (χ3n) is 2.87.